The molecule has 3 nitrogen and oxygen atoms in total. The summed E-state index contributed by atoms with van der Waals surface area (Å²) in [6.07, 6.45) is 8.16. The third-order valence-electron chi connectivity index (χ3n) is 8.31. The summed E-state index contributed by atoms with van der Waals surface area (Å²) in [5.74, 6) is 0.720. The van der Waals surface area contributed by atoms with Crippen molar-refractivity contribution < 1.29 is 0 Å². The number of rotatable bonds is 5. The van der Waals surface area contributed by atoms with Gasteiger partial charge in [-0.15, -0.1) is 0 Å². The van der Waals surface area contributed by atoms with Gasteiger partial charge in [0.25, 0.3) is 0 Å². The Labute approximate surface area is 209 Å². The lowest BCUT2D eigenvalue weighted by Gasteiger charge is -2.44. The third-order valence-corrected chi connectivity index (χ3v) is 8.31. The minimum Gasteiger partial charge on any atom is -0.277 e. The molecule has 178 valence electrons. The van der Waals surface area contributed by atoms with Crippen LogP contribution in [0.15, 0.2) is 66.9 Å². The number of H-pyrrole nitrogens is 1. The van der Waals surface area contributed by atoms with Crippen molar-refractivity contribution in [3.05, 3.63) is 83.7 Å². The van der Waals surface area contributed by atoms with Crippen LogP contribution in [0.4, 0.5) is 0 Å². The normalized spacial score (nSPS) is 17.5. The topological polar surface area (TPSA) is 41.6 Å². The van der Waals surface area contributed by atoms with E-state index in [0.717, 1.165) is 29.4 Å². The number of nitrogens with zero attached hydrogens (tertiary/aromatic N) is 2. The number of nitrogens with one attached hydrogen (secondary N) is 1. The van der Waals surface area contributed by atoms with Gasteiger partial charge >= 0.3 is 0 Å². The summed E-state index contributed by atoms with van der Waals surface area (Å²) in [6, 6.07) is 22.4. The van der Waals surface area contributed by atoms with Crippen LogP contribution >= 0.6 is 0 Å². The molecular formula is C32H35N3. The molecule has 35 heavy (non-hydrogen) atoms. The van der Waals surface area contributed by atoms with E-state index in [0.29, 0.717) is 5.41 Å². The lowest BCUT2D eigenvalue weighted by Crippen LogP contribution is -2.35. The monoisotopic (exact) mass is 461 g/mol. The van der Waals surface area contributed by atoms with Crippen molar-refractivity contribution in [3.63, 3.8) is 0 Å². The SMILES string of the molecule is CC(C)CC1(c2ccc(-c3nc4c(cc3-c3ccccc3)-c3[nH]ncc3C(C)(C)C4)cc2)CCC1. The smallest absolute Gasteiger partial charge is 0.0784 e. The first-order valence-corrected chi connectivity index (χ1v) is 13.1. The second kappa shape index (κ2) is 8.19. The molecule has 0 spiro atoms. The predicted octanol–water partition coefficient (Wildman–Crippen LogP) is 8.11. The van der Waals surface area contributed by atoms with E-state index in [4.69, 9.17) is 4.98 Å². The van der Waals surface area contributed by atoms with Crippen LogP contribution in [0.3, 0.4) is 0 Å². The molecule has 2 aliphatic rings. The number of hydrogen-bond donors (Lipinski definition) is 1. The molecule has 6 rings (SSSR count). The Kier molecular flexibility index (Phi) is 5.21. The van der Waals surface area contributed by atoms with Gasteiger partial charge in [0.1, 0.15) is 0 Å². The lowest BCUT2D eigenvalue weighted by molar-refractivity contribution is 0.200. The summed E-state index contributed by atoms with van der Waals surface area (Å²) < 4.78 is 0. The molecule has 0 atom stereocenters. The van der Waals surface area contributed by atoms with Gasteiger partial charge < -0.3 is 0 Å². The van der Waals surface area contributed by atoms with Crippen molar-refractivity contribution in [2.75, 3.05) is 0 Å². The maximum Gasteiger partial charge on any atom is 0.0784 e. The van der Waals surface area contributed by atoms with Gasteiger partial charge in [0.2, 0.25) is 0 Å². The van der Waals surface area contributed by atoms with E-state index in [1.165, 1.54) is 59.1 Å². The molecular weight excluding hydrogens is 426 g/mol. The van der Waals surface area contributed by atoms with E-state index in [1.54, 1.807) is 0 Å². The van der Waals surface area contributed by atoms with Crippen molar-refractivity contribution in [3.8, 4) is 33.6 Å². The summed E-state index contributed by atoms with van der Waals surface area (Å²) in [5.41, 5.74) is 11.3. The number of hydrogen-bond acceptors (Lipinski definition) is 2. The van der Waals surface area contributed by atoms with Crippen LogP contribution in [-0.4, -0.2) is 15.2 Å². The van der Waals surface area contributed by atoms with Gasteiger partial charge in [-0.05, 0) is 59.6 Å². The van der Waals surface area contributed by atoms with E-state index in [9.17, 15) is 0 Å². The fourth-order valence-corrected chi connectivity index (χ4v) is 6.46. The van der Waals surface area contributed by atoms with Gasteiger partial charge in [-0.1, -0.05) is 88.7 Å². The van der Waals surface area contributed by atoms with Crippen molar-refractivity contribution in [2.45, 2.75) is 70.6 Å². The fraction of sp³-hybridized carbons (Fsp3) is 0.375. The summed E-state index contributed by atoms with van der Waals surface area (Å²) in [7, 11) is 0. The molecule has 0 bridgehead atoms. The van der Waals surface area contributed by atoms with Crippen molar-refractivity contribution in [2.24, 2.45) is 5.92 Å². The van der Waals surface area contributed by atoms with Crippen LogP contribution in [0.1, 0.15) is 70.2 Å². The molecule has 0 saturated heterocycles. The minimum absolute atomic E-state index is 0.00513. The molecule has 2 aromatic heterocycles. The molecule has 1 fully saturated rings. The van der Waals surface area contributed by atoms with Crippen molar-refractivity contribution >= 4 is 0 Å². The van der Waals surface area contributed by atoms with Gasteiger partial charge in [-0.25, -0.2) is 0 Å². The Balaban J connectivity index is 1.48. The van der Waals surface area contributed by atoms with Crippen molar-refractivity contribution in [1.29, 1.82) is 0 Å². The summed E-state index contributed by atoms with van der Waals surface area (Å²) >= 11 is 0. The van der Waals surface area contributed by atoms with Crippen LogP contribution < -0.4 is 0 Å². The Hall–Kier alpha value is -3.20. The molecule has 0 radical (unpaired) electrons. The van der Waals surface area contributed by atoms with E-state index >= 15 is 0 Å². The second-order valence-electron chi connectivity index (χ2n) is 11.8. The average Bonchev–Trinajstić information content (AvgIpc) is 3.33. The Bertz CT molecular complexity index is 1360. The Morgan fingerprint density at radius 1 is 0.914 bits per heavy atom. The van der Waals surface area contributed by atoms with Crippen molar-refractivity contribution in [1.82, 2.24) is 15.2 Å². The van der Waals surface area contributed by atoms with Crippen LogP contribution in [0.2, 0.25) is 0 Å². The highest BCUT2D eigenvalue weighted by Gasteiger charge is 2.39. The molecule has 2 aromatic carbocycles. The van der Waals surface area contributed by atoms with Gasteiger partial charge in [0, 0.05) is 22.3 Å². The zero-order valence-electron chi connectivity index (χ0n) is 21.4. The Morgan fingerprint density at radius 2 is 1.66 bits per heavy atom. The van der Waals surface area contributed by atoms with Crippen LogP contribution in [0.25, 0.3) is 33.6 Å². The van der Waals surface area contributed by atoms with Gasteiger partial charge in [-0.2, -0.15) is 5.10 Å². The highest BCUT2D eigenvalue weighted by atomic mass is 15.1. The maximum absolute atomic E-state index is 5.36. The molecule has 3 heteroatoms. The summed E-state index contributed by atoms with van der Waals surface area (Å²) in [6.45, 7) is 9.28. The zero-order chi connectivity index (χ0) is 24.2. The lowest BCUT2D eigenvalue weighted by atomic mass is 9.61. The molecule has 1 saturated carbocycles. The number of aromatic nitrogens is 3. The largest absolute Gasteiger partial charge is 0.277 e. The summed E-state index contributed by atoms with van der Waals surface area (Å²) in [5, 5.41) is 7.66. The fourth-order valence-electron chi connectivity index (χ4n) is 6.46. The first-order chi connectivity index (χ1) is 16.9. The molecule has 0 aliphatic heterocycles. The Morgan fingerprint density at radius 3 is 2.31 bits per heavy atom. The summed E-state index contributed by atoms with van der Waals surface area (Å²) in [4.78, 5) is 5.36. The third kappa shape index (κ3) is 3.73. The van der Waals surface area contributed by atoms with Gasteiger partial charge in [-0.3, -0.25) is 10.1 Å². The first-order valence-electron chi connectivity index (χ1n) is 13.1. The van der Waals surface area contributed by atoms with E-state index in [2.05, 4.69) is 98.6 Å². The maximum atomic E-state index is 5.36. The highest BCUT2D eigenvalue weighted by Crippen LogP contribution is 2.49. The molecule has 2 aliphatic carbocycles. The molecule has 0 unspecified atom stereocenters. The van der Waals surface area contributed by atoms with Crippen LogP contribution in [0.5, 0.6) is 0 Å². The number of pyridine rings is 1. The van der Waals surface area contributed by atoms with E-state index in [1.807, 2.05) is 6.20 Å². The van der Waals surface area contributed by atoms with E-state index in [-0.39, 0.29) is 5.41 Å². The first kappa shape index (κ1) is 22.3. The molecule has 1 N–H and O–H groups in total. The van der Waals surface area contributed by atoms with Crippen LogP contribution in [-0.2, 0) is 17.3 Å². The highest BCUT2D eigenvalue weighted by molar-refractivity contribution is 5.86. The standard InChI is InChI=1S/C32H35N3/c1-21(2)18-32(15-8-16-32)24-13-11-23(12-14-24)29-25(22-9-6-5-7-10-22)17-26-28(34-29)19-31(3,4)27-20-33-35-30(26)27/h5-7,9-14,17,20-21H,8,15-16,18-19H2,1-4H3,(H,33,35). The number of aromatic amines is 1. The van der Waals surface area contributed by atoms with E-state index < -0.39 is 0 Å². The van der Waals surface area contributed by atoms with Gasteiger partial charge in [0.15, 0.2) is 0 Å². The van der Waals surface area contributed by atoms with Gasteiger partial charge in [0.05, 0.1) is 23.3 Å². The molecule has 2 heterocycles. The minimum atomic E-state index is 0.00513. The zero-order valence-corrected chi connectivity index (χ0v) is 21.4. The molecule has 0 amide bonds. The quantitative estimate of drug-likeness (QED) is 0.326. The van der Waals surface area contributed by atoms with Crippen LogP contribution in [0, 0.1) is 5.92 Å². The predicted molar refractivity (Wildman–Crippen MR) is 144 cm³/mol. The average molecular weight is 462 g/mol. The molecule has 4 aromatic rings. The number of fused-ring (bicyclic) bond motifs is 3. The second-order valence-corrected chi connectivity index (χ2v) is 11.8. The number of benzene rings is 2.